The Morgan fingerprint density at radius 2 is 2.18 bits per heavy atom. The standard InChI is InChI=1S/C13H11NO2S/c1-8-2-5-12(17-8)9-3-4-11-10(6-9)14-13(15)7-16-11/h2-6H,7H2,1H3,(H,14,15). The number of aryl methyl sites for hydroxylation is 1. The monoisotopic (exact) mass is 245 g/mol. The maximum absolute atomic E-state index is 11.2. The summed E-state index contributed by atoms with van der Waals surface area (Å²) >= 11 is 1.74. The van der Waals surface area contributed by atoms with E-state index in [1.54, 1.807) is 11.3 Å². The van der Waals surface area contributed by atoms with E-state index in [0.717, 1.165) is 17.0 Å². The molecular weight excluding hydrogens is 234 g/mol. The van der Waals surface area contributed by atoms with Crippen molar-refractivity contribution in [3.8, 4) is 16.2 Å². The zero-order chi connectivity index (χ0) is 11.8. The van der Waals surface area contributed by atoms with Gasteiger partial charge in [0.25, 0.3) is 5.91 Å². The third kappa shape index (κ3) is 1.91. The van der Waals surface area contributed by atoms with Gasteiger partial charge in [0.2, 0.25) is 0 Å². The second-order valence-electron chi connectivity index (χ2n) is 3.96. The fourth-order valence-corrected chi connectivity index (χ4v) is 2.69. The lowest BCUT2D eigenvalue weighted by Crippen LogP contribution is -2.25. The summed E-state index contributed by atoms with van der Waals surface area (Å²) in [6, 6.07) is 10.1. The van der Waals surface area contributed by atoms with Crippen LogP contribution in [0.3, 0.4) is 0 Å². The van der Waals surface area contributed by atoms with Gasteiger partial charge in [0.15, 0.2) is 6.61 Å². The summed E-state index contributed by atoms with van der Waals surface area (Å²) in [6.07, 6.45) is 0. The van der Waals surface area contributed by atoms with Crippen LogP contribution in [-0.4, -0.2) is 12.5 Å². The van der Waals surface area contributed by atoms with Crippen molar-refractivity contribution in [2.24, 2.45) is 0 Å². The molecule has 1 N–H and O–H groups in total. The van der Waals surface area contributed by atoms with Crippen LogP contribution < -0.4 is 10.1 Å². The van der Waals surface area contributed by atoms with E-state index in [4.69, 9.17) is 4.74 Å². The Bertz CT molecular complexity index is 589. The number of amides is 1. The van der Waals surface area contributed by atoms with E-state index in [2.05, 4.69) is 24.4 Å². The Labute approximate surface area is 103 Å². The Morgan fingerprint density at radius 1 is 1.29 bits per heavy atom. The first-order valence-electron chi connectivity index (χ1n) is 5.36. The highest BCUT2D eigenvalue weighted by atomic mass is 32.1. The molecule has 0 fully saturated rings. The summed E-state index contributed by atoms with van der Waals surface area (Å²) in [6.45, 7) is 2.18. The van der Waals surface area contributed by atoms with Crippen LogP contribution in [0.4, 0.5) is 5.69 Å². The predicted octanol–water partition coefficient (Wildman–Crippen LogP) is 3.05. The van der Waals surface area contributed by atoms with Crippen molar-refractivity contribution in [1.29, 1.82) is 0 Å². The minimum atomic E-state index is -0.1000. The van der Waals surface area contributed by atoms with Gasteiger partial charge in [-0.3, -0.25) is 4.79 Å². The molecule has 0 atom stereocenters. The molecule has 0 radical (unpaired) electrons. The highest BCUT2D eigenvalue weighted by Gasteiger charge is 2.16. The molecule has 86 valence electrons. The van der Waals surface area contributed by atoms with Crippen LogP contribution in [-0.2, 0) is 4.79 Å². The minimum Gasteiger partial charge on any atom is -0.482 e. The van der Waals surface area contributed by atoms with Crippen molar-refractivity contribution < 1.29 is 9.53 Å². The van der Waals surface area contributed by atoms with E-state index >= 15 is 0 Å². The van der Waals surface area contributed by atoms with Crippen LogP contribution in [0.25, 0.3) is 10.4 Å². The first-order valence-corrected chi connectivity index (χ1v) is 6.17. The third-order valence-electron chi connectivity index (χ3n) is 2.64. The molecule has 2 heterocycles. The van der Waals surface area contributed by atoms with Gasteiger partial charge in [-0.25, -0.2) is 0 Å². The first kappa shape index (κ1) is 10.4. The van der Waals surface area contributed by atoms with Gasteiger partial charge < -0.3 is 10.1 Å². The smallest absolute Gasteiger partial charge is 0.262 e. The summed E-state index contributed by atoms with van der Waals surface area (Å²) in [5.74, 6) is 0.638. The molecule has 3 rings (SSSR count). The molecule has 17 heavy (non-hydrogen) atoms. The topological polar surface area (TPSA) is 38.3 Å². The Kier molecular flexibility index (Phi) is 2.37. The summed E-state index contributed by atoms with van der Waals surface area (Å²) in [5, 5.41) is 2.82. The molecule has 3 nitrogen and oxygen atoms in total. The highest BCUT2D eigenvalue weighted by Crippen LogP contribution is 2.35. The molecule has 1 aliphatic rings. The number of benzene rings is 1. The molecule has 1 aliphatic heterocycles. The number of anilines is 1. The van der Waals surface area contributed by atoms with E-state index in [9.17, 15) is 4.79 Å². The minimum absolute atomic E-state index is 0.1000. The number of rotatable bonds is 1. The molecule has 0 unspecified atom stereocenters. The van der Waals surface area contributed by atoms with Crippen LogP contribution in [0.15, 0.2) is 30.3 Å². The second kappa shape index (κ2) is 3.89. The predicted molar refractivity (Wildman–Crippen MR) is 68.6 cm³/mol. The molecule has 0 saturated heterocycles. The zero-order valence-electron chi connectivity index (χ0n) is 9.32. The number of thiophene rings is 1. The van der Waals surface area contributed by atoms with Crippen LogP contribution in [0, 0.1) is 6.92 Å². The Morgan fingerprint density at radius 3 is 2.94 bits per heavy atom. The number of hydrogen-bond acceptors (Lipinski definition) is 3. The van der Waals surface area contributed by atoms with Crippen molar-refractivity contribution >= 4 is 22.9 Å². The fraction of sp³-hybridized carbons (Fsp3) is 0.154. The number of carbonyl (C=O) groups excluding carboxylic acids is 1. The van der Waals surface area contributed by atoms with Crippen LogP contribution in [0.5, 0.6) is 5.75 Å². The average molecular weight is 245 g/mol. The zero-order valence-corrected chi connectivity index (χ0v) is 10.1. The quantitative estimate of drug-likeness (QED) is 0.838. The number of nitrogens with one attached hydrogen (secondary N) is 1. The Hall–Kier alpha value is -1.81. The number of carbonyl (C=O) groups is 1. The van der Waals surface area contributed by atoms with Gasteiger partial charge in [0.1, 0.15) is 5.75 Å². The van der Waals surface area contributed by atoms with Gasteiger partial charge in [0.05, 0.1) is 5.69 Å². The molecule has 1 amide bonds. The van der Waals surface area contributed by atoms with E-state index in [0.29, 0.717) is 0 Å². The lowest BCUT2D eigenvalue weighted by atomic mass is 10.1. The molecule has 0 bridgehead atoms. The maximum Gasteiger partial charge on any atom is 0.262 e. The van der Waals surface area contributed by atoms with Crippen molar-refractivity contribution in [3.05, 3.63) is 35.2 Å². The normalized spacial score (nSPS) is 13.8. The van der Waals surface area contributed by atoms with E-state index in [-0.39, 0.29) is 12.5 Å². The fourth-order valence-electron chi connectivity index (χ4n) is 1.83. The molecule has 0 spiro atoms. The summed E-state index contributed by atoms with van der Waals surface area (Å²) in [5.41, 5.74) is 1.86. The van der Waals surface area contributed by atoms with Crippen LogP contribution in [0.2, 0.25) is 0 Å². The van der Waals surface area contributed by atoms with Gasteiger partial charge in [-0.2, -0.15) is 0 Å². The molecule has 0 saturated carbocycles. The van der Waals surface area contributed by atoms with Crippen molar-refractivity contribution in [2.45, 2.75) is 6.92 Å². The summed E-state index contributed by atoms with van der Waals surface area (Å²) < 4.78 is 5.32. The number of ether oxygens (including phenoxy) is 1. The first-order chi connectivity index (χ1) is 8.22. The van der Waals surface area contributed by atoms with Gasteiger partial charge in [-0.05, 0) is 42.8 Å². The van der Waals surface area contributed by atoms with Gasteiger partial charge >= 0.3 is 0 Å². The number of hydrogen-bond donors (Lipinski definition) is 1. The highest BCUT2D eigenvalue weighted by molar-refractivity contribution is 7.15. The third-order valence-corrected chi connectivity index (χ3v) is 3.69. The van der Waals surface area contributed by atoms with Gasteiger partial charge in [0, 0.05) is 9.75 Å². The van der Waals surface area contributed by atoms with Crippen molar-refractivity contribution in [2.75, 3.05) is 11.9 Å². The molecule has 1 aromatic carbocycles. The van der Waals surface area contributed by atoms with Crippen LogP contribution in [0.1, 0.15) is 4.88 Å². The summed E-state index contributed by atoms with van der Waals surface area (Å²) in [4.78, 5) is 13.7. The molecule has 4 heteroatoms. The van der Waals surface area contributed by atoms with E-state index in [1.165, 1.54) is 9.75 Å². The molecular formula is C13H11NO2S. The Balaban J connectivity index is 2.03. The van der Waals surface area contributed by atoms with Crippen LogP contribution >= 0.6 is 11.3 Å². The van der Waals surface area contributed by atoms with Gasteiger partial charge in [-0.15, -0.1) is 11.3 Å². The van der Waals surface area contributed by atoms with Crippen molar-refractivity contribution in [1.82, 2.24) is 0 Å². The SMILES string of the molecule is Cc1ccc(-c2ccc3c(c2)NC(=O)CO3)s1. The largest absolute Gasteiger partial charge is 0.482 e. The average Bonchev–Trinajstić information content (AvgIpc) is 2.75. The van der Waals surface area contributed by atoms with Crippen molar-refractivity contribution in [3.63, 3.8) is 0 Å². The van der Waals surface area contributed by atoms with Gasteiger partial charge in [-0.1, -0.05) is 0 Å². The lowest BCUT2D eigenvalue weighted by Gasteiger charge is -2.18. The molecule has 0 aliphatic carbocycles. The lowest BCUT2D eigenvalue weighted by molar-refractivity contribution is -0.118. The summed E-state index contributed by atoms with van der Waals surface area (Å²) in [7, 11) is 0. The molecule has 1 aromatic heterocycles. The number of fused-ring (bicyclic) bond motifs is 1. The van der Waals surface area contributed by atoms with E-state index in [1.807, 2.05) is 18.2 Å². The molecule has 2 aromatic rings. The van der Waals surface area contributed by atoms with E-state index < -0.39 is 0 Å². The second-order valence-corrected chi connectivity index (χ2v) is 5.25. The maximum atomic E-state index is 11.2.